The van der Waals surface area contributed by atoms with Crippen molar-refractivity contribution in [3.63, 3.8) is 0 Å². The predicted molar refractivity (Wildman–Crippen MR) is 83.9 cm³/mol. The van der Waals surface area contributed by atoms with Crippen molar-refractivity contribution in [2.75, 3.05) is 0 Å². The van der Waals surface area contributed by atoms with E-state index in [-0.39, 0.29) is 0 Å². The summed E-state index contributed by atoms with van der Waals surface area (Å²) >= 11 is 0. The van der Waals surface area contributed by atoms with Crippen molar-refractivity contribution < 1.29 is 9.53 Å². The van der Waals surface area contributed by atoms with Gasteiger partial charge < -0.3 is 9.72 Å². The molecule has 3 aromatic heterocycles. The number of aryl methyl sites for hydroxylation is 4. The van der Waals surface area contributed by atoms with Gasteiger partial charge in [-0.3, -0.25) is 4.98 Å². The molecule has 0 bridgehead atoms. The number of esters is 1. The van der Waals surface area contributed by atoms with Crippen molar-refractivity contribution >= 4 is 5.97 Å². The summed E-state index contributed by atoms with van der Waals surface area (Å²) in [6.07, 6.45) is 3.31. The summed E-state index contributed by atoms with van der Waals surface area (Å²) in [6, 6.07) is 3.39. The van der Waals surface area contributed by atoms with Gasteiger partial charge in [0.1, 0.15) is 11.4 Å². The Morgan fingerprint density at radius 1 is 1.09 bits per heavy atom. The molecule has 0 atom stereocenters. The van der Waals surface area contributed by atoms with Gasteiger partial charge >= 0.3 is 5.97 Å². The zero-order valence-corrected chi connectivity index (χ0v) is 13.4. The van der Waals surface area contributed by atoms with Crippen LogP contribution in [0.4, 0.5) is 0 Å². The Labute approximate surface area is 133 Å². The summed E-state index contributed by atoms with van der Waals surface area (Å²) in [5.41, 5.74) is 3.47. The molecule has 0 saturated carbocycles. The molecule has 0 aromatic carbocycles. The van der Waals surface area contributed by atoms with Gasteiger partial charge in [-0.2, -0.15) is 5.10 Å². The minimum Gasteiger partial charge on any atom is -0.418 e. The first-order valence-corrected chi connectivity index (χ1v) is 7.19. The maximum absolute atomic E-state index is 12.0. The number of nitrogens with zero attached hydrogens (tertiary/aromatic N) is 4. The van der Waals surface area contributed by atoms with E-state index in [0.29, 0.717) is 23.0 Å². The number of H-pyrrole nitrogens is 1. The van der Waals surface area contributed by atoms with Crippen molar-refractivity contribution in [2.45, 2.75) is 27.7 Å². The second-order valence-corrected chi connectivity index (χ2v) is 5.30. The molecular formula is C16H17N5O2. The summed E-state index contributed by atoms with van der Waals surface area (Å²) in [4.78, 5) is 23.8. The molecule has 0 fully saturated rings. The highest BCUT2D eigenvalue weighted by Gasteiger charge is 2.16. The minimum absolute atomic E-state index is 0.388. The van der Waals surface area contributed by atoms with Crippen LogP contribution in [0, 0.1) is 27.7 Å². The van der Waals surface area contributed by atoms with E-state index in [1.165, 1.54) is 0 Å². The van der Waals surface area contributed by atoms with Crippen molar-refractivity contribution in [3.8, 4) is 11.6 Å². The minimum atomic E-state index is -0.458. The van der Waals surface area contributed by atoms with Crippen LogP contribution in [0.3, 0.4) is 0 Å². The fraction of sp³-hybridized carbons (Fsp3) is 0.250. The molecular weight excluding hydrogens is 294 g/mol. The lowest BCUT2D eigenvalue weighted by Gasteiger charge is -2.07. The first-order chi connectivity index (χ1) is 11.0. The lowest BCUT2D eigenvalue weighted by molar-refractivity contribution is 0.0728. The molecule has 0 unspecified atom stereocenters. The summed E-state index contributed by atoms with van der Waals surface area (Å²) in [5.74, 6) is 0.558. The summed E-state index contributed by atoms with van der Waals surface area (Å²) in [6.45, 7) is 7.46. The van der Waals surface area contributed by atoms with Crippen molar-refractivity contribution in [3.05, 3.63) is 53.0 Å². The highest BCUT2D eigenvalue weighted by Crippen LogP contribution is 2.21. The van der Waals surface area contributed by atoms with Crippen LogP contribution in [-0.2, 0) is 0 Å². The Kier molecular flexibility index (Phi) is 3.69. The van der Waals surface area contributed by atoms with Gasteiger partial charge in [0.15, 0.2) is 11.6 Å². The molecule has 0 radical (unpaired) electrons. The quantitative estimate of drug-likeness (QED) is 0.751. The van der Waals surface area contributed by atoms with Crippen molar-refractivity contribution in [1.82, 2.24) is 24.7 Å². The third-order valence-corrected chi connectivity index (χ3v) is 3.55. The number of aromatic amines is 1. The number of hydrogen-bond donors (Lipinski definition) is 1. The third kappa shape index (κ3) is 2.85. The highest BCUT2D eigenvalue weighted by molar-refractivity contribution is 5.89. The Balaban J connectivity index is 1.92. The van der Waals surface area contributed by atoms with Gasteiger partial charge in [-0.15, -0.1) is 0 Å². The van der Waals surface area contributed by atoms with E-state index in [9.17, 15) is 4.79 Å². The standard InChI is InChI=1S/C16H17N5O2/c1-9-10(2)19-15(12(4)18-9)21-8-14(11(3)20-21)23-16(22)13-6-5-7-17-13/h5-8,17H,1-4H3. The number of aromatic nitrogens is 5. The molecule has 3 rings (SSSR count). The van der Waals surface area contributed by atoms with E-state index in [4.69, 9.17) is 4.74 Å². The number of carbonyl (C=O) groups is 1. The molecule has 0 saturated heterocycles. The molecule has 0 amide bonds. The number of nitrogens with one attached hydrogen (secondary N) is 1. The smallest absolute Gasteiger partial charge is 0.360 e. The Hall–Kier alpha value is -2.96. The maximum atomic E-state index is 12.0. The molecule has 0 aliphatic rings. The lowest BCUT2D eigenvalue weighted by Crippen LogP contribution is -2.09. The molecule has 0 aliphatic carbocycles. The number of rotatable bonds is 3. The first-order valence-electron chi connectivity index (χ1n) is 7.19. The van der Waals surface area contributed by atoms with Crippen LogP contribution in [0.15, 0.2) is 24.5 Å². The third-order valence-electron chi connectivity index (χ3n) is 3.55. The second-order valence-electron chi connectivity index (χ2n) is 5.30. The SMILES string of the molecule is Cc1nn(-c2nc(C)c(C)nc2C)cc1OC(=O)c1ccc[nH]1. The Morgan fingerprint density at radius 3 is 2.52 bits per heavy atom. The molecule has 3 aromatic rings. The average molecular weight is 311 g/mol. The van der Waals surface area contributed by atoms with Crippen LogP contribution in [0.5, 0.6) is 5.75 Å². The topological polar surface area (TPSA) is 85.7 Å². The monoisotopic (exact) mass is 311 g/mol. The van der Waals surface area contributed by atoms with E-state index < -0.39 is 5.97 Å². The van der Waals surface area contributed by atoms with Gasteiger partial charge in [0.2, 0.25) is 0 Å². The molecule has 0 aliphatic heterocycles. The summed E-state index contributed by atoms with van der Waals surface area (Å²) < 4.78 is 6.97. The van der Waals surface area contributed by atoms with Gasteiger partial charge in [-0.25, -0.2) is 14.5 Å². The average Bonchev–Trinajstić information content (AvgIpc) is 3.13. The van der Waals surface area contributed by atoms with E-state index in [1.54, 1.807) is 36.1 Å². The molecule has 118 valence electrons. The van der Waals surface area contributed by atoms with Crippen LogP contribution in [0.2, 0.25) is 0 Å². The van der Waals surface area contributed by atoms with Crippen LogP contribution >= 0.6 is 0 Å². The Morgan fingerprint density at radius 2 is 1.83 bits per heavy atom. The number of hydrogen-bond acceptors (Lipinski definition) is 5. The fourth-order valence-electron chi connectivity index (χ4n) is 2.19. The van der Waals surface area contributed by atoms with Crippen molar-refractivity contribution in [2.24, 2.45) is 0 Å². The number of carbonyl (C=O) groups excluding carboxylic acids is 1. The van der Waals surface area contributed by atoms with Crippen molar-refractivity contribution in [1.29, 1.82) is 0 Å². The number of ether oxygens (including phenoxy) is 1. The van der Waals surface area contributed by atoms with E-state index >= 15 is 0 Å². The Bertz CT molecular complexity index is 865. The zero-order valence-electron chi connectivity index (χ0n) is 13.4. The predicted octanol–water partition coefficient (Wildman–Crippen LogP) is 2.44. The van der Waals surface area contributed by atoms with E-state index in [2.05, 4.69) is 20.1 Å². The van der Waals surface area contributed by atoms with Gasteiger partial charge in [-0.1, -0.05) is 0 Å². The van der Waals surface area contributed by atoms with Crippen LogP contribution in [0.25, 0.3) is 5.82 Å². The second kappa shape index (κ2) is 5.68. The van der Waals surface area contributed by atoms with Crippen LogP contribution < -0.4 is 4.74 Å². The fourth-order valence-corrected chi connectivity index (χ4v) is 2.19. The first kappa shape index (κ1) is 15.0. The van der Waals surface area contributed by atoms with Gasteiger partial charge in [-0.05, 0) is 39.8 Å². The summed E-state index contributed by atoms with van der Waals surface area (Å²) in [7, 11) is 0. The maximum Gasteiger partial charge on any atom is 0.360 e. The highest BCUT2D eigenvalue weighted by atomic mass is 16.5. The van der Waals surface area contributed by atoms with Gasteiger partial charge in [0.05, 0.1) is 23.3 Å². The molecule has 7 heteroatoms. The van der Waals surface area contributed by atoms with Crippen LogP contribution in [0.1, 0.15) is 33.3 Å². The molecule has 23 heavy (non-hydrogen) atoms. The molecule has 1 N–H and O–H groups in total. The largest absolute Gasteiger partial charge is 0.418 e. The normalized spacial score (nSPS) is 10.8. The zero-order chi connectivity index (χ0) is 16.6. The van der Waals surface area contributed by atoms with Gasteiger partial charge in [0, 0.05) is 6.20 Å². The van der Waals surface area contributed by atoms with Crippen LogP contribution in [-0.4, -0.2) is 30.7 Å². The van der Waals surface area contributed by atoms with E-state index in [0.717, 1.165) is 17.1 Å². The van der Waals surface area contributed by atoms with E-state index in [1.807, 2.05) is 20.8 Å². The molecule has 7 nitrogen and oxygen atoms in total. The molecule has 3 heterocycles. The lowest BCUT2D eigenvalue weighted by atomic mass is 10.3. The molecule has 0 spiro atoms. The summed E-state index contributed by atoms with van der Waals surface area (Å²) in [5, 5.41) is 4.37. The van der Waals surface area contributed by atoms with Gasteiger partial charge in [0.25, 0.3) is 0 Å².